The van der Waals surface area contributed by atoms with Gasteiger partial charge >= 0.3 is 17.9 Å². The summed E-state index contributed by atoms with van der Waals surface area (Å²) in [6.07, 6.45) is 0. The van der Waals surface area contributed by atoms with Crippen molar-refractivity contribution in [2.24, 2.45) is 0 Å². The molecule has 15 heteroatoms. The molecule has 3 aromatic heterocycles. The minimum Gasteiger partial charge on any atom is -0.486 e. The zero-order valence-corrected chi connectivity index (χ0v) is 29.5. The van der Waals surface area contributed by atoms with Gasteiger partial charge in [0.05, 0.1) is 30.2 Å². The van der Waals surface area contributed by atoms with E-state index in [1.807, 2.05) is 31.2 Å². The lowest BCUT2D eigenvalue weighted by molar-refractivity contribution is 0.0510. The Morgan fingerprint density at radius 3 is 1.62 bits per heavy atom. The van der Waals surface area contributed by atoms with Crippen molar-refractivity contribution >= 4 is 90.4 Å². The van der Waals surface area contributed by atoms with Gasteiger partial charge in [0.15, 0.2) is 17.1 Å². The lowest BCUT2D eigenvalue weighted by Gasteiger charge is -2.03. The first kappa shape index (κ1) is 35.7. The van der Waals surface area contributed by atoms with Gasteiger partial charge in [-0.1, -0.05) is 15.9 Å². The highest BCUT2D eigenvalue weighted by Gasteiger charge is 2.12. The molecule has 4 aromatic rings. The third-order valence-corrected chi connectivity index (χ3v) is 8.53. The molecule has 0 atom stereocenters. The van der Waals surface area contributed by atoms with Crippen molar-refractivity contribution in [3.8, 4) is 5.75 Å². The third kappa shape index (κ3) is 12.8. The number of alkyl halides is 1. The van der Waals surface area contributed by atoms with Crippen LogP contribution in [0.2, 0.25) is 0 Å². The highest BCUT2D eigenvalue weighted by atomic mass is 127. The standard InChI is InChI=1S/C13H12INO3S.C7H8BrNO2S.C7H9NO2S/c1-2-17-13(16)11-8-19-12(15-11)7-18-10-5-3-9(14)4-6-10;1-2-11-7(10)5-4-12-6(3-8)9-5;1-3-10-7(9)6-4-11-5(2)8-6/h3-6,8H,2,7H2,1H3;4H,2-3H2,1H3;4H,3H2,1-2H3. The number of ether oxygens (including phenoxy) is 4. The number of halogens is 2. The van der Waals surface area contributed by atoms with Gasteiger partial charge in [0.25, 0.3) is 0 Å². The molecule has 3 heterocycles. The number of benzene rings is 1. The Morgan fingerprint density at radius 1 is 0.738 bits per heavy atom. The van der Waals surface area contributed by atoms with Crippen LogP contribution in [0.4, 0.5) is 0 Å². The highest BCUT2D eigenvalue weighted by molar-refractivity contribution is 14.1. The van der Waals surface area contributed by atoms with Crippen LogP contribution < -0.4 is 4.74 Å². The number of aryl methyl sites for hydroxylation is 1. The second kappa shape index (κ2) is 19.7. The van der Waals surface area contributed by atoms with Gasteiger partial charge in [-0.15, -0.1) is 34.0 Å². The van der Waals surface area contributed by atoms with Gasteiger partial charge in [0.2, 0.25) is 0 Å². The molecule has 0 aliphatic carbocycles. The lowest BCUT2D eigenvalue weighted by Crippen LogP contribution is -2.05. The molecule has 0 fully saturated rings. The van der Waals surface area contributed by atoms with Crippen molar-refractivity contribution in [1.29, 1.82) is 0 Å². The summed E-state index contributed by atoms with van der Waals surface area (Å²) in [5.74, 6) is -0.287. The van der Waals surface area contributed by atoms with Crippen molar-refractivity contribution in [2.45, 2.75) is 39.6 Å². The summed E-state index contributed by atoms with van der Waals surface area (Å²) >= 11 is 9.77. The van der Waals surface area contributed by atoms with E-state index in [2.05, 4.69) is 53.5 Å². The Morgan fingerprint density at radius 2 is 1.19 bits per heavy atom. The Kier molecular flexibility index (Phi) is 16.7. The van der Waals surface area contributed by atoms with Crippen LogP contribution in [0.1, 0.15) is 67.3 Å². The molecule has 1 aromatic carbocycles. The molecule has 0 aliphatic rings. The molecule has 4 rings (SSSR count). The number of aromatic nitrogens is 3. The normalized spacial score (nSPS) is 9.95. The number of esters is 3. The number of thiazole rings is 3. The molecule has 42 heavy (non-hydrogen) atoms. The fourth-order valence-corrected chi connectivity index (χ4v) is 5.43. The molecule has 0 amide bonds. The predicted octanol–water partition coefficient (Wildman–Crippen LogP) is 7.35. The van der Waals surface area contributed by atoms with E-state index in [1.165, 1.54) is 34.0 Å². The van der Waals surface area contributed by atoms with Crippen LogP contribution in [-0.4, -0.2) is 52.7 Å². The Labute approximate surface area is 278 Å². The first-order valence-corrected chi connectivity index (χ1v) is 17.3. The van der Waals surface area contributed by atoms with Gasteiger partial charge in [0, 0.05) is 19.7 Å². The van der Waals surface area contributed by atoms with Crippen LogP contribution in [-0.2, 0) is 26.1 Å². The molecule has 0 saturated heterocycles. The van der Waals surface area contributed by atoms with Gasteiger partial charge in [-0.2, -0.15) is 0 Å². The van der Waals surface area contributed by atoms with E-state index in [4.69, 9.17) is 18.9 Å². The first-order chi connectivity index (χ1) is 20.2. The molecule has 0 unspecified atom stereocenters. The molecule has 10 nitrogen and oxygen atoms in total. The number of carbonyl (C=O) groups excluding carboxylic acids is 3. The third-order valence-electron chi connectivity index (χ3n) is 4.47. The van der Waals surface area contributed by atoms with E-state index >= 15 is 0 Å². The minimum atomic E-state index is -0.390. The van der Waals surface area contributed by atoms with E-state index in [0.29, 0.717) is 48.8 Å². The second-order valence-electron chi connectivity index (χ2n) is 7.54. The maximum Gasteiger partial charge on any atom is 0.357 e. The summed E-state index contributed by atoms with van der Waals surface area (Å²) in [7, 11) is 0. The van der Waals surface area contributed by atoms with E-state index in [0.717, 1.165) is 24.3 Å². The van der Waals surface area contributed by atoms with Crippen molar-refractivity contribution in [1.82, 2.24) is 15.0 Å². The number of hydrogen-bond acceptors (Lipinski definition) is 13. The van der Waals surface area contributed by atoms with Crippen molar-refractivity contribution in [2.75, 3.05) is 19.8 Å². The van der Waals surface area contributed by atoms with Crippen LogP contribution in [0.15, 0.2) is 40.4 Å². The highest BCUT2D eigenvalue weighted by Crippen LogP contribution is 2.17. The van der Waals surface area contributed by atoms with Crippen molar-refractivity contribution in [3.63, 3.8) is 0 Å². The zero-order valence-electron chi connectivity index (χ0n) is 23.3. The Balaban J connectivity index is 0.000000233. The van der Waals surface area contributed by atoms with Gasteiger partial charge in [-0.05, 0) is 74.6 Å². The lowest BCUT2D eigenvalue weighted by atomic mass is 10.3. The van der Waals surface area contributed by atoms with Crippen molar-refractivity contribution < 1.29 is 33.3 Å². The van der Waals surface area contributed by atoms with Gasteiger partial charge in [-0.25, -0.2) is 29.3 Å². The predicted molar refractivity (Wildman–Crippen MR) is 175 cm³/mol. The average molecular weight is 811 g/mol. The topological polar surface area (TPSA) is 127 Å². The average Bonchev–Trinajstić information content (AvgIpc) is 3.75. The quantitative estimate of drug-likeness (QED) is 0.0695. The summed E-state index contributed by atoms with van der Waals surface area (Å²) in [5, 5.41) is 8.29. The van der Waals surface area contributed by atoms with Crippen LogP contribution >= 0.6 is 72.5 Å². The summed E-state index contributed by atoms with van der Waals surface area (Å²) < 4.78 is 21.2. The number of nitrogens with zero attached hydrogens (tertiary/aromatic N) is 3. The SMILES string of the molecule is CCOC(=O)c1csc(C)n1.CCOC(=O)c1csc(CBr)n1.CCOC(=O)c1csc(COc2ccc(I)cc2)n1. The number of rotatable bonds is 10. The maximum atomic E-state index is 11.5. The molecule has 0 bridgehead atoms. The molecular formula is C27H29BrIN3O7S3. The van der Waals surface area contributed by atoms with Gasteiger partial charge in [-0.3, -0.25) is 0 Å². The van der Waals surface area contributed by atoms with Crippen LogP contribution in [0.5, 0.6) is 5.75 Å². The fourth-order valence-electron chi connectivity index (χ4n) is 2.69. The van der Waals surface area contributed by atoms with Gasteiger partial charge in [0.1, 0.15) is 22.4 Å². The van der Waals surface area contributed by atoms with Crippen molar-refractivity contribution in [3.05, 3.63) is 76.1 Å². The van der Waals surface area contributed by atoms with E-state index in [1.54, 1.807) is 36.9 Å². The van der Waals surface area contributed by atoms with Crippen LogP contribution in [0.25, 0.3) is 0 Å². The Bertz CT molecular complexity index is 1410. The smallest absolute Gasteiger partial charge is 0.357 e. The van der Waals surface area contributed by atoms with E-state index < -0.39 is 0 Å². The van der Waals surface area contributed by atoms with Gasteiger partial charge < -0.3 is 18.9 Å². The van der Waals surface area contributed by atoms with Crippen LogP contribution in [0.3, 0.4) is 0 Å². The second-order valence-corrected chi connectivity index (χ2v) is 12.3. The summed E-state index contributed by atoms with van der Waals surface area (Å²) in [5.41, 5.74) is 1.15. The Hall–Kier alpha value is -2.47. The number of carbonyl (C=O) groups is 3. The molecule has 0 saturated carbocycles. The molecule has 0 spiro atoms. The fraction of sp³-hybridized carbons (Fsp3) is 0.333. The van der Waals surface area contributed by atoms with E-state index in [-0.39, 0.29) is 17.9 Å². The molecule has 0 aliphatic heterocycles. The molecule has 0 radical (unpaired) electrons. The molecule has 226 valence electrons. The summed E-state index contributed by atoms with van der Waals surface area (Å²) in [6.45, 7) is 8.66. The number of hydrogen-bond donors (Lipinski definition) is 0. The van der Waals surface area contributed by atoms with E-state index in [9.17, 15) is 14.4 Å². The van der Waals surface area contributed by atoms with Crippen LogP contribution in [0, 0.1) is 10.5 Å². The summed E-state index contributed by atoms with van der Waals surface area (Å²) in [4.78, 5) is 45.7. The summed E-state index contributed by atoms with van der Waals surface area (Å²) in [6, 6.07) is 7.76. The molecule has 0 N–H and O–H groups in total. The largest absolute Gasteiger partial charge is 0.486 e. The zero-order chi connectivity index (χ0) is 30.9. The monoisotopic (exact) mass is 809 g/mol. The minimum absolute atomic E-state index is 0.336. The maximum absolute atomic E-state index is 11.5. The molecular weight excluding hydrogens is 781 g/mol. The first-order valence-electron chi connectivity index (χ1n) is 12.5.